The summed E-state index contributed by atoms with van der Waals surface area (Å²) in [5.41, 5.74) is -3.15. The lowest BCUT2D eigenvalue weighted by molar-refractivity contribution is -0.196. The van der Waals surface area contributed by atoms with E-state index in [9.17, 15) is 22.8 Å². The van der Waals surface area contributed by atoms with Gasteiger partial charge in [0.2, 0.25) is 0 Å². The molecule has 0 saturated heterocycles. The Hall–Kier alpha value is -3.36. The predicted molar refractivity (Wildman–Crippen MR) is 104 cm³/mol. The molecule has 0 fully saturated rings. The van der Waals surface area contributed by atoms with Gasteiger partial charge in [-0.05, 0) is 24.6 Å². The van der Waals surface area contributed by atoms with E-state index in [1.165, 1.54) is 25.3 Å². The number of benzene rings is 2. The zero-order valence-corrected chi connectivity index (χ0v) is 16.4. The van der Waals surface area contributed by atoms with Gasteiger partial charge in [-0.1, -0.05) is 43.3 Å². The number of alkyl halides is 3. The molecule has 0 aliphatic carbocycles. The van der Waals surface area contributed by atoms with Crippen molar-refractivity contribution in [3.8, 4) is 5.75 Å². The highest BCUT2D eigenvalue weighted by molar-refractivity contribution is 6.16. The molecule has 9 heteroatoms. The highest BCUT2D eigenvalue weighted by Gasteiger charge is 2.67. The molecule has 1 atom stereocenters. The Kier molecular flexibility index (Phi) is 5.82. The summed E-state index contributed by atoms with van der Waals surface area (Å²) in [6, 6.07) is 13.7. The smallest absolute Gasteiger partial charge is 0.442 e. The maximum Gasteiger partial charge on any atom is 0.442 e. The van der Waals surface area contributed by atoms with E-state index < -0.39 is 23.7 Å². The number of carbonyl (C=O) groups excluding carboxylic acids is 2. The van der Waals surface area contributed by atoms with Crippen LogP contribution in [0.1, 0.15) is 29.3 Å². The Labute approximate surface area is 171 Å². The van der Waals surface area contributed by atoms with Crippen molar-refractivity contribution in [2.75, 3.05) is 13.7 Å². The van der Waals surface area contributed by atoms with Gasteiger partial charge in [0.25, 0.3) is 11.8 Å². The Bertz CT molecular complexity index is 976. The van der Waals surface area contributed by atoms with E-state index in [0.717, 1.165) is 4.90 Å². The van der Waals surface area contributed by atoms with E-state index >= 15 is 0 Å². The molecule has 0 spiro atoms. The molecule has 2 aromatic rings. The maximum absolute atomic E-state index is 14.2. The lowest BCUT2D eigenvalue weighted by atomic mass is 10.1. The topological polar surface area (TPSA) is 71.0 Å². The zero-order valence-electron chi connectivity index (χ0n) is 16.4. The number of hydrogen-bond donors (Lipinski definition) is 1. The molecule has 1 heterocycles. The standard InChI is InChI=1S/C21H20F3N3O3/c1-3-12-27-17(14-8-5-4-6-9-14)25-20(19(27)29,21(22,23)24)26-18(28)15-10-7-11-16(13-15)30-2/h4-11,13H,3,12H2,1-2H3,(H,26,28). The van der Waals surface area contributed by atoms with E-state index in [2.05, 4.69) is 4.99 Å². The van der Waals surface area contributed by atoms with Gasteiger partial charge in [-0.15, -0.1) is 0 Å². The highest BCUT2D eigenvalue weighted by Crippen LogP contribution is 2.38. The SMILES string of the molecule is CCCN1C(=O)C(NC(=O)c2cccc(OC)c2)(C(F)(F)F)N=C1c1ccccc1. The summed E-state index contributed by atoms with van der Waals surface area (Å²) in [6.07, 6.45) is -4.74. The highest BCUT2D eigenvalue weighted by atomic mass is 19.4. The lowest BCUT2D eigenvalue weighted by Gasteiger charge is -2.29. The van der Waals surface area contributed by atoms with Crippen LogP contribution in [0.4, 0.5) is 13.2 Å². The third kappa shape index (κ3) is 3.74. The summed E-state index contributed by atoms with van der Waals surface area (Å²) < 4.78 is 47.6. The molecule has 1 N–H and O–H groups in total. The minimum Gasteiger partial charge on any atom is -0.497 e. The lowest BCUT2D eigenvalue weighted by Crippen LogP contribution is -2.63. The maximum atomic E-state index is 14.2. The number of nitrogens with zero attached hydrogens (tertiary/aromatic N) is 2. The third-order valence-corrected chi connectivity index (χ3v) is 4.60. The van der Waals surface area contributed by atoms with Crippen molar-refractivity contribution in [2.24, 2.45) is 4.99 Å². The van der Waals surface area contributed by atoms with Crippen LogP contribution in [0.15, 0.2) is 59.6 Å². The Morgan fingerprint density at radius 2 is 1.87 bits per heavy atom. The minimum absolute atomic E-state index is 0.0272. The number of amidine groups is 1. The molecule has 6 nitrogen and oxygen atoms in total. The Balaban J connectivity index is 2.08. The minimum atomic E-state index is -5.15. The number of aliphatic imine (C=N–C) groups is 1. The second-order valence-electron chi connectivity index (χ2n) is 6.65. The van der Waals surface area contributed by atoms with Crippen LogP contribution in [0.5, 0.6) is 5.75 Å². The van der Waals surface area contributed by atoms with E-state index in [1.807, 2.05) is 5.32 Å². The van der Waals surface area contributed by atoms with Crippen LogP contribution in [0.2, 0.25) is 0 Å². The molecule has 2 aromatic carbocycles. The van der Waals surface area contributed by atoms with Gasteiger partial charge in [-0.2, -0.15) is 13.2 Å². The van der Waals surface area contributed by atoms with Gasteiger partial charge in [0.05, 0.1) is 7.11 Å². The summed E-state index contributed by atoms with van der Waals surface area (Å²) in [5.74, 6) is -2.27. The van der Waals surface area contributed by atoms with Crippen molar-refractivity contribution in [1.29, 1.82) is 0 Å². The fraction of sp³-hybridized carbons (Fsp3) is 0.286. The van der Waals surface area contributed by atoms with Crippen LogP contribution in [-0.4, -0.2) is 48.0 Å². The summed E-state index contributed by atoms with van der Waals surface area (Å²) in [4.78, 5) is 30.4. The molecule has 3 rings (SSSR count). The van der Waals surface area contributed by atoms with E-state index in [4.69, 9.17) is 4.74 Å². The number of nitrogens with one attached hydrogen (secondary N) is 1. The van der Waals surface area contributed by atoms with Crippen molar-refractivity contribution in [2.45, 2.75) is 25.2 Å². The number of amides is 2. The first kappa shape index (κ1) is 21.4. The predicted octanol–water partition coefficient (Wildman–Crippen LogP) is 3.38. The van der Waals surface area contributed by atoms with Crippen molar-refractivity contribution < 1.29 is 27.5 Å². The van der Waals surface area contributed by atoms with Crippen LogP contribution >= 0.6 is 0 Å². The van der Waals surface area contributed by atoms with Gasteiger partial charge >= 0.3 is 11.8 Å². The molecule has 30 heavy (non-hydrogen) atoms. The monoisotopic (exact) mass is 419 g/mol. The first-order chi connectivity index (χ1) is 14.2. The quantitative estimate of drug-likeness (QED) is 0.780. The largest absolute Gasteiger partial charge is 0.497 e. The number of carbonyl (C=O) groups is 2. The number of methoxy groups -OCH3 is 1. The molecule has 2 amide bonds. The summed E-state index contributed by atoms with van der Waals surface area (Å²) in [6.45, 7) is 1.76. The van der Waals surface area contributed by atoms with Crippen LogP contribution in [0.3, 0.4) is 0 Å². The van der Waals surface area contributed by atoms with Gasteiger partial charge in [0.15, 0.2) is 0 Å². The van der Waals surface area contributed by atoms with Crippen LogP contribution in [-0.2, 0) is 4.79 Å². The molecular formula is C21H20F3N3O3. The molecule has 0 aromatic heterocycles. The summed E-state index contributed by atoms with van der Waals surface area (Å²) in [7, 11) is 1.37. The van der Waals surface area contributed by atoms with Crippen molar-refractivity contribution in [3.05, 3.63) is 65.7 Å². The van der Waals surface area contributed by atoms with E-state index in [1.54, 1.807) is 43.3 Å². The van der Waals surface area contributed by atoms with Crippen molar-refractivity contribution in [1.82, 2.24) is 10.2 Å². The van der Waals surface area contributed by atoms with Crippen LogP contribution in [0, 0.1) is 0 Å². The Morgan fingerprint density at radius 3 is 2.47 bits per heavy atom. The van der Waals surface area contributed by atoms with Crippen LogP contribution in [0.25, 0.3) is 0 Å². The molecule has 0 radical (unpaired) electrons. The van der Waals surface area contributed by atoms with E-state index in [0.29, 0.717) is 17.7 Å². The first-order valence-electron chi connectivity index (χ1n) is 9.24. The van der Waals surface area contributed by atoms with Gasteiger partial charge in [0.1, 0.15) is 11.6 Å². The molecular weight excluding hydrogens is 399 g/mol. The molecule has 1 unspecified atom stereocenters. The normalized spacial score (nSPS) is 18.9. The summed E-state index contributed by atoms with van der Waals surface area (Å²) in [5, 5.41) is 1.84. The molecule has 158 valence electrons. The molecule has 1 aliphatic rings. The van der Waals surface area contributed by atoms with E-state index in [-0.39, 0.29) is 17.9 Å². The summed E-state index contributed by atoms with van der Waals surface area (Å²) >= 11 is 0. The second kappa shape index (κ2) is 8.17. The average Bonchev–Trinajstić information content (AvgIpc) is 3.02. The Morgan fingerprint density at radius 1 is 1.17 bits per heavy atom. The molecule has 1 aliphatic heterocycles. The van der Waals surface area contributed by atoms with Crippen LogP contribution < -0.4 is 10.1 Å². The third-order valence-electron chi connectivity index (χ3n) is 4.60. The average molecular weight is 419 g/mol. The molecule has 0 saturated carbocycles. The number of halogens is 3. The fourth-order valence-corrected chi connectivity index (χ4v) is 3.13. The fourth-order valence-electron chi connectivity index (χ4n) is 3.13. The zero-order chi connectivity index (χ0) is 21.9. The number of ether oxygens (including phenoxy) is 1. The van der Waals surface area contributed by atoms with Crippen molar-refractivity contribution >= 4 is 17.6 Å². The molecule has 0 bridgehead atoms. The van der Waals surface area contributed by atoms with Gasteiger partial charge in [0, 0.05) is 17.7 Å². The number of hydrogen-bond acceptors (Lipinski definition) is 4. The first-order valence-corrected chi connectivity index (χ1v) is 9.24. The second-order valence-corrected chi connectivity index (χ2v) is 6.65. The van der Waals surface area contributed by atoms with Gasteiger partial charge < -0.3 is 10.1 Å². The van der Waals surface area contributed by atoms with Gasteiger partial charge in [-0.25, -0.2) is 4.99 Å². The van der Waals surface area contributed by atoms with Gasteiger partial charge in [-0.3, -0.25) is 14.5 Å². The van der Waals surface area contributed by atoms with Crippen molar-refractivity contribution in [3.63, 3.8) is 0 Å². The number of rotatable bonds is 6.